The summed E-state index contributed by atoms with van der Waals surface area (Å²) >= 11 is 0. The highest BCUT2D eigenvalue weighted by atomic mass is 16.6. The number of Topliss-reactive ketones (excluding diaryl/α,β-unsaturated/α-hetero) is 1. The zero-order chi connectivity index (χ0) is 94.4. The SMILES string of the molecule is CCCOCCOCCOCCOCCOCCC(=O)N1CCc2cc(Cn3nc(-c4ccc5oc(N)nc5c4)c4c(N)ncnc43)ccc2C1.COCCOCCOCCNC(=O)CON=C1[C@H](C)C[C@H](C)/C=C/C=C/C=C(\C)[C@@H](OC)C[C@@H]2CC[C@@H](C)[C@@](O)(O2)C(=O)C(=O)N2CCCC[C@H]2C(=O)O[C@H]([C@H](C)C[C@@H]2CC[C@@H](O)[C@H](OC)C2)C[C@@H](O)[C@H](C)/C=C(\C)[C@@H](O)[C@H]1OC. The molecule has 3 fully saturated rings. The lowest BCUT2D eigenvalue weighted by Crippen LogP contribution is -2.61. The van der Waals surface area contributed by atoms with Gasteiger partial charge in [-0.1, -0.05) is 101 Å². The first-order valence-electron chi connectivity index (χ1n) is 46.5. The van der Waals surface area contributed by atoms with Crippen LogP contribution in [0.4, 0.5) is 11.8 Å². The molecule has 3 amide bonds. The Morgan fingerprint density at radius 1 is 0.725 bits per heavy atom. The summed E-state index contributed by atoms with van der Waals surface area (Å²) in [4.78, 5) is 90.9. The van der Waals surface area contributed by atoms with E-state index in [0.29, 0.717) is 215 Å². The number of rotatable bonds is 38. The fraction of sp³-hybridized carbons (Fsp3) is 0.667. The van der Waals surface area contributed by atoms with E-state index in [1.807, 2.05) is 85.9 Å². The largest absolute Gasteiger partial charge is 0.460 e. The van der Waals surface area contributed by atoms with Gasteiger partial charge in [0.1, 0.15) is 47.7 Å². The summed E-state index contributed by atoms with van der Waals surface area (Å²) in [6.45, 7) is 24.0. The van der Waals surface area contributed by atoms with E-state index in [0.717, 1.165) is 48.1 Å². The molecule has 10 rings (SSSR count). The van der Waals surface area contributed by atoms with Crippen LogP contribution in [0, 0.1) is 35.5 Å². The standard InChI is InChI=1S/C60H99N3O17.C36H46N8O7/c1-38-17-13-12-14-18-39(2)50(73-9)35-46-22-20-44(7)60(71,80-46)57(68)58(69)63-25-16-15-19-47(63)59(70)79-51(41(4)33-45-21-23-48(64)52(34-45)74-10)36-49(65)40(3)32-43(6)55(67)56(75-11)54(42(5)31-38)62-78-37-53(66)61-24-26-76-29-30-77-28-27-72-8;1-2-10-46-12-14-48-16-18-50-19-17-49-15-13-47-11-8-31(45)43-9-7-26-20-25(3-4-28(26)23-43)22-44-35-32(34(37)39-24-40-35)33(42-44)27-5-6-30-29(21-27)41-36(38)51-30/h12-14,17-18,32,38,40-42,44-52,55-56,64-65,67,71H,15-16,19-31,33-37H2,1-11H3,(H,61,66);3-6,20-21,24H,2,7-19,22-23H2,1H3,(H2,38,41)(H2,37,39,40)/b14-12+,17-13+,39-18+,43-32+,62-54?;/t38-,40-,41-,42-,44-,45+,46+,47+,48-,49-,50+,51+,52-,55-,56+,60-;/m1./s1. The fourth-order valence-electron chi connectivity index (χ4n) is 17.3. The number of aliphatic hydroxyl groups excluding tert-OH is 3. The molecule has 0 radical (unpaired) electrons. The van der Waals surface area contributed by atoms with Crippen LogP contribution in [-0.4, -0.2) is 305 Å². The summed E-state index contributed by atoms with van der Waals surface area (Å²) in [7, 11) is 6.21. The highest BCUT2D eigenvalue weighted by molar-refractivity contribution is 6.39. The summed E-state index contributed by atoms with van der Waals surface area (Å²) < 4.78 is 80.7. The van der Waals surface area contributed by atoms with Gasteiger partial charge in [-0.2, -0.15) is 10.1 Å². The van der Waals surface area contributed by atoms with Gasteiger partial charge in [-0.05, 0) is 155 Å². The van der Waals surface area contributed by atoms with Crippen molar-refractivity contribution in [3.8, 4) is 11.3 Å². The lowest BCUT2D eigenvalue weighted by atomic mass is 9.78. The van der Waals surface area contributed by atoms with E-state index in [4.69, 9.17) is 87.4 Å². The zero-order valence-electron chi connectivity index (χ0n) is 78.8. The summed E-state index contributed by atoms with van der Waals surface area (Å²) in [5, 5.41) is 59.6. The number of nitrogens with zero attached hydrogens (tertiary/aromatic N) is 8. The molecule has 2 bridgehead atoms. The number of cyclic esters (lactones) is 1. The summed E-state index contributed by atoms with van der Waals surface area (Å²) in [6, 6.07) is 10.9. The number of ketones is 1. The molecule has 9 N–H and O–H groups in total. The molecule has 1 aliphatic carbocycles. The van der Waals surface area contributed by atoms with Crippen molar-refractivity contribution in [1.82, 2.24) is 39.8 Å². The first-order valence-corrected chi connectivity index (χ1v) is 46.5. The number of nitrogens with one attached hydrogen (secondary N) is 1. The number of oxime groups is 1. The average molecular weight is 1840 g/mol. The second kappa shape index (κ2) is 55.3. The van der Waals surface area contributed by atoms with Gasteiger partial charge in [-0.15, -0.1) is 0 Å². The Morgan fingerprint density at radius 2 is 1.43 bits per heavy atom. The van der Waals surface area contributed by atoms with Crippen LogP contribution < -0.4 is 16.8 Å². The number of hydrogen-bond acceptors (Lipinski definition) is 31. The zero-order valence-corrected chi connectivity index (χ0v) is 78.8. The van der Waals surface area contributed by atoms with Crippen LogP contribution in [0.5, 0.6) is 0 Å². The predicted octanol–water partition coefficient (Wildman–Crippen LogP) is 9.19. The molecule has 35 heteroatoms. The molecule has 0 unspecified atom stereocenters. The first kappa shape index (κ1) is 106. The van der Waals surface area contributed by atoms with Crippen LogP contribution in [0.3, 0.4) is 0 Å². The van der Waals surface area contributed by atoms with Crippen LogP contribution in [0.1, 0.15) is 162 Å². The van der Waals surface area contributed by atoms with Crippen molar-refractivity contribution < 1.29 is 115 Å². The number of nitrogen functional groups attached to an aromatic ring is 2. The minimum absolute atomic E-state index is 0.00157. The van der Waals surface area contributed by atoms with Gasteiger partial charge >= 0.3 is 5.97 Å². The second-order valence-corrected chi connectivity index (χ2v) is 34.9. The maximum absolute atomic E-state index is 14.6. The minimum Gasteiger partial charge on any atom is -0.460 e. The number of carbonyl (C=O) groups excluding carboxylic acids is 5. The Labute approximate surface area is 770 Å². The Balaban J connectivity index is 0.000000324. The molecule has 3 aromatic heterocycles. The fourth-order valence-corrected chi connectivity index (χ4v) is 17.3. The lowest BCUT2D eigenvalue weighted by Gasteiger charge is -2.43. The van der Waals surface area contributed by atoms with E-state index in [-0.39, 0.29) is 74.2 Å². The van der Waals surface area contributed by atoms with Crippen LogP contribution in [-0.2, 0) is 110 Å². The number of benzene rings is 2. The van der Waals surface area contributed by atoms with Crippen LogP contribution in [0.2, 0.25) is 0 Å². The van der Waals surface area contributed by atoms with Crippen LogP contribution in [0.15, 0.2) is 99.9 Å². The van der Waals surface area contributed by atoms with E-state index in [9.17, 15) is 44.4 Å². The van der Waals surface area contributed by atoms with Gasteiger partial charge in [-0.3, -0.25) is 19.2 Å². The number of nitrogens with two attached hydrogens (primary N) is 2. The molecule has 2 saturated heterocycles. The molecular formula is C96H145N11O24. The number of anilines is 2. The molecule has 7 heterocycles. The smallest absolute Gasteiger partial charge is 0.329 e. The van der Waals surface area contributed by atoms with Gasteiger partial charge < -0.3 is 118 Å². The number of aliphatic hydroxyl groups is 4. The molecule has 728 valence electrons. The van der Waals surface area contributed by atoms with Crippen molar-refractivity contribution in [2.24, 2.45) is 40.7 Å². The van der Waals surface area contributed by atoms with E-state index < -0.39 is 96.6 Å². The molecule has 131 heavy (non-hydrogen) atoms. The predicted molar refractivity (Wildman–Crippen MR) is 492 cm³/mol. The lowest BCUT2D eigenvalue weighted by molar-refractivity contribution is -0.265. The van der Waals surface area contributed by atoms with E-state index >= 15 is 0 Å². The van der Waals surface area contributed by atoms with Crippen molar-refractivity contribution in [3.05, 3.63) is 107 Å². The molecule has 0 spiro atoms. The number of piperidine rings is 1. The summed E-state index contributed by atoms with van der Waals surface area (Å²) in [5.41, 5.74) is 20.5. The van der Waals surface area contributed by atoms with E-state index in [1.165, 1.54) is 23.9 Å². The summed E-state index contributed by atoms with van der Waals surface area (Å²) in [6.07, 6.45) is 14.2. The third kappa shape index (κ3) is 32.3. The molecule has 5 aliphatic rings. The van der Waals surface area contributed by atoms with Gasteiger partial charge in [0.25, 0.3) is 23.6 Å². The number of hydrogen-bond donors (Lipinski definition) is 7. The number of oxazole rings is 1. The van der Waals surface area contributed by atoms with Crippen molar-refractivity contribution in [2.75, 3.05) is 165 Å². The number of amides is 3. The van der Waals surface area contributed by atoms with Crippen molar-refractivity contribution in [3.63, 3.8) is 0 Å². The number of ether oxygens (including phenoxy) is 13. The topological polar surface area (TPSA) is 448 Å². The number of esters is 1. The Kier molecular flexibility index (Phi) is 44.8. The maximum Gasteiger partial charge on any atom is 0.329 e. The van der Waals surface area contributed by atoms with Crippen molar-refractivity contribution in [2.45, 2.75) is 225 Å². The van der Waals surface area contributed by atoms with E-state index in [1.54, 1.807) is 48.2 Å². The molecule has 5 aromatic rings. The van der Waals surface area contributed by atoms with E-state index in [2.05, 4.69) is 50.5 Å². The normalized spacial score (nSPS) is 27.3. The van der Waals surface area contributed by atoms with Gasteiger partial charge in [0.15, 0.2) is 17.8 Å². The van der Waals surface area contributed by atoms with Gasteiger partial charge in [0.05, 0.1) is 147 Å². The van der Waals surface area contributed by atoms with Crippen molar-refractivity contribution in [1.29, 1.82) is 0 Å². The third-order valence-electron chi connectivity index (χ3n) is 24.9. The minimum atomic E-state index is -2.44. The van der Waals surface area contributed by atoms with Crippen LogP contribution >= 0.6 is 0 Å². The highest BCUT2D eigenvalue weighted by Crippen LogP contribution is 2.40. The van der Waals surface area contributed by atoms with Crippen LogP contribution in [0.25, 0.3) is 33.4 Å². The molecular weight excluding hydrogens is 1690 g/mol. The Hall–Kier alpha value is -8.60. The summed E-state index contributed by atoms with van der Waals surface area (Å²) in [5.74, 6) is -7.15. The van der Waals surface area contributed by atoms with Gasteiger partial charge in [-0.25, -0.2) is 19.4 Å². The third-order valence-corrected chi connectivity index (χ3v) is 24.9. The number of methoxy groups -OCH3 is 4. The molecule has 2 aromatic carbocycles. The Morgan fingerprint density at radius 3 is 2.12 bits per heavy atom. The number of allylic oxidation sites excluding steroid dienone is 5. The molecule has 1 saturated carbocycles. The van der Waals surface area contributed by atoms with Crippen molar-refractivity contribution >= 4 is 69.2 Å². The quantitative estimate of drug-likeness (QED) is 0.00636. The highest BCUT2D eigenvalue weighted by Gasteiger charge is 2.53. The second-order valence-electron chi connectivity index (χ2n) is 34.9. The molecule has 35 nitrogen and oxygen atoms in total. The number of fused-ring (bicyclic) bond motifs is 6. The molecule has 16 atom stereocenters. The maximum atomic E-state index is 14.6. The first-order chi connectivity index (χ1) is 63.2. The van der Waals surface area contributed by atoms with Gasteiger partial charge in [0, 0.05) is 97.4 Å². The average Bonchev–Trinajstić information content (AvgIpc) is 1.65. The monoisotopic (exact) mass is 1840 g/mol. The molecule has 4 aliphatic heterocycles. The number of aromatic nitrogens is 5. The number of carbonyl (C=O) groups is 5. The van der Waals surface area contributed by atoms with Gasteiger partial charge in [0.2, 0.25) is 11.7 Å². The Bertz CT molecular complexity index is 4520.